The van der Waals surface area contributed by atoms with Crippen LogP contribution in [0, 0.1) is 11.2 Å². The van der Waals surface area contributed by atoms with Crippen LogP contribution in [0.5, 0.6) is 5.75 Å². The second kappa shape index (κ2) is 11.8. The van der Waals surface area contributed by atoms with E-state index < -0.39 is 17.9 Å². The monoisotopic (exact) mass is 521 g/mol. The van der Waals surface area contributed by atoms with E-state index in [4.69, 9.17) is 20.6 Å². The van der Waals surface area contributed by atoms with Crippen LogP contribution in [0.3, 0.4) is 0 Å². The van der Waals surface area contributed by atoms with E-state index in [2.05, 4.69) is 27.1 Å². The predicted molar refractivity (Wildman–Crippen MR) is 141 cm³/mol. The molecule has 38 heavy (non-hydrogen) atoms. The average Bonchev–Trinajstić information content (AvgIpc) is 3.33. The molecule has 0 saturated carbocycles. The quantitative estimate of drug-likeness (QED) is 0.121. The van der Waals surface area contributed by atoms with Crippen LogP contribution in [-0.4, -0.2) is 52.5 Å². The van der Waals surface area contributed by atoms with E-state index in [1.807, 2.05) is 11.6 Å². The number of rotatable bonds is 7. The van der Waals surface area contributed by atoms with Crippen molar-refractivity contribution in [3.63, 3.8) is 0 Å². The van der Waals surface area contributed by atoms with E-state index >= 15 is 0 Å². The molecule has 3 aromatic rings. The third-order valence-corrected chi connectivity index (χ3v) is 5.97. The van der Waals surface area contributed by atoms with Crippen molar-refractivity contribution in [2.45, 2.75) is 26.0 Å². The number of esters is 1. The molecule has 0 spiro atoms. The summed E-state index contributed by atoms with van der Waals surface area (Å²) in [5.41, 5.74) is 10.8. The second-order valence-corrected chi connectivity index (χ2v) is 8.34. The summed E-state index contributed by atoms with van der Waals surface area (Å²) >= 11 is 0. The zero-order valence-corrected chi connectivity index (χ0v) is 21.2. The number of aromatic nitrogens is 3. The first-order valence-electron chi connectivity index (χ1n) is 12.1. The molecule has 2 bridgehead atoms. The van der Waals surface area contributed by atoms with Gasteiger partial charge in [-0.15, -0.1) is 0 Å². The number of nitrogens with two attached hydrogens (primary N) is 2. The number of nitrogens with one attached hydrogen (secondary N) is 2. The van der Waals surface area contributed by atoms with Crippen molar-refractivity contribution in [1.82, 2.24) is 14.8 Å². The maximum atomic E-state index is 14.5. The molecule has 0 unspecified atom stereocenters. The Kier molecular flexibility index (Phi) is 8.24. The molecule has 1 atom stereocenters. The minimum absolute atomic E-state index is 0.137. The summed E-state index contributed by atoms with van der Waals surface area (Å²) in [7, 11) is 1.78. The molecular formula is C26H30FN8O3+. The number of hydrogen-bond acceptors (Lipinski definition) is 9. The van der Waals surface area contributed by atoms with E-state index in [1.54, 1.807) is 37.0 Å². The van der Waals surface area contributed by atoms with Crippen molar-refractivity contribution in [3.8, 4) is 17.0 Å². The SMILES string of the molecule is C=C[C@H]1Oc2cc(cnc2NCOC(=O)CN)-c2c(cnn2CC)C/C(=N/[NH2+]C)C(=N)c2ccc(F)cc21. The maximum Gasteiger partial charge on any atom is 0.321 e. The van der Waals surface area contributed by atoms with Crippen molar-refractivity contribution in [2.75, 3.05) is 25.6 Å². The fraction of sp³-hybridized carbons (Fsp3) is 0.269. The van der Waals surface area contributed by atoms with Crippen molar-refractivity contribution in [1.29, 1.82) is 5.41 Å². The van der Waals surface area contributed by atoms with E-state index in [9.17, 15) is 9.18 Å². The third-order valence-electron chi connectivity index (χ3n) is 5.97. The smallest absolute Gasteiger partial charge is 0.321 e. The summed E-state index contributed by atoms with van der Waals surface area (Å²) in [6.45, 7) is 6.03. The van der Waals surface area contributed by atoms with Gasteiger partial charge in [0, 0.05) is 41.4 Å². The largest absolute Gasteiger partial charge is 0.478 e. The standard InChI is InChI=1S/C26H29FN8O3/c1-4-21-19-10-17(27)6-7-18(19)24(29)20(34-30-3)8-15-13-33-35(5-2)25(15)16-9-22(38-21)26(31-12-16)32-14-37-23(36)11-28/h4,6-7,9-10,12-13,21,29-30H,1,5,8,11,14,28H2,2-3H3,(H,31,32)/p+1/b29-24?,34-20-/t21-/m1/s1. The van der Waals surface area contributed by atoms with Gasteiger partial charge < -0.3 is 20.5 Å². The molecule has 2 aromatic heterocycles. The Morgan fingerprint density at radius 1 is 1.45 bits per heavy atom. The number of anilines is 1. The van der Waals surface area contributed by atoms with Crippen LogP contribution in [0.2, 0.25) is 0 Å². The minimum Gasteiger partial charge on any atom is -0.478 e. The first kappa shape index (κ1) is 26.6. The highest BCUT2D eigenvalue weighted by molar-refractivity contribution is 6.47. The Morgan fingerprint density at radius 3 is 2.97 bits per heavy atom. The van der Waals surface area contributed by atoms with E-state index in [-0.39, 0.29) is 19.0 Å². The Morgan fingerprint density at radius 2 is 2.26 bits per heavy atom. The van der Waals surface area contributed by atoms with Crippen LogP contribution in [0.1, 0.15) is 29.7 Å². The Hall–Kier alpha value is -4.42. The molecule has 0 radical (unpaired) electrons. The molecule has 1 aliphatic rings. The number of carbonyl (C=O) groups is 1. The number of pyridine rings is 1. The summed E-state index contributed by atoms with van der Waals surface area (Å²) in [5, 5.41) is 21.0. The lowest BCUT2D eigenvalue weighted by Crippen LogP contribution is -2.73. The second-order valence-electron chi connectivity index (χ2n) is 8.34. The van der Waals surface area contributed by atoms with Gasteiger partial charge in [0.1, 0.15) is 17.6 Å². The molecule has 1 aromatic carbocycles. The molecule has 1 aliphatic heterocycles. The number of halogens is 1. The number of hydrogen-bond donors (Lipinski definition) is 4. The summed E-state index contributed by atoms with van der Waals surface area (Å²) in [6.07, 6.45) is 4.40. The van der Waals surface area contributed by atoms with Crippen molar-refractivity contribution < 1.29 is 24.1 Å². The van der Waals surface area contributed by atoms with Gasteiger partial charge in [-0.1, -0.05) is 11.7 Å². The lowest BCUT2D eigenvalue weighted by Gasteiger charge is -2.23. The highest BCUT2D eigenvalue weighted by Crippen LogP contribution is 2.36. The molecular weight excluding hydrogens is 491 g/mol. The molecule has 198 valence electrons. The molecule has 6 N–H and O–H groups in total. The molecule has 0 fully saturated rings. The molecule has 0 aliphatic carbocycles. The molecule has 0 amide bonds. The number of quaternary nitrogens is 1. The Balaban J connectivity index is 1.92. The van der Waals surface area contributed by atoms with E-state index in [1.165, 1.54) is 18.2 Å². The van der Waals surface area contributed by atoms with Crippen LogP contribution >= 0.6 is 0 Å². The number of nitrogens with zero attached hydrogens (tertiary/aromatic N) is 4. The van der Waals surface area contributed by atoms with Gasteiger partial charge >= 0.3 is 5.97 Å². The van der Waals surface area contributed by atoms with E-state index in [0.29, 0.717) is 46.9 Å². The average molecular weight is 522 g/mol. The fourth-order valence-electron chi connectivity index (χ4n) is 4.23. The minimum atomic E-state index is -0.841. The first-order chi connectivity index (χ1) is 18.4. The van der Waals surface area contributed by atoms with Gasteiger partial charge in [0.2, 0.25) is 0 Å². The van der Waals surface area contributed by atoms with Gasteiger partial charge in [-0.05, 0) is 37.3 Å². The third kappa shape index (κ3) is 5.45. The Labute approximate surface area is 219 Å². The normalized spacial score (nSPS) is 15.9. The molecule has 0 saturated heterocycles. The molecule has 12 heteroatoms. The number of aryl methyl sites for hydroxylation is 1. The predicted octanol–water partition coefficient (Wildman–Crippen LogP) is 1.75. The summed E-state index contributed by atoms with van der Waals surface area (Å²) < 4.78 is 27.7. The summed E-state index contributed by atoms with van der Waals surface area (Å²) in [4.78, 5) is 16.0. The van der Waals surface area contributed by atoms with Gasteiger partial charge in [-0.2, -0.15) is 5.10 Å². The zero-order valence-electron chi connectivity index (χ0n) is 21.2. The van der Waals surface area contributed by atoms with Crippen molar-refractivity contribution in [2.24, 2.45) is 10.8 Å². The summed E-state index contributed by atoms with van der Waals surface area (Å²) in [5.74, 6) is -0.458. The number of carbonyl (C=O) groups excluding carboxylic acids is 1. The van der Waals surface area contributed by atoms with Crippen LogP contribution in [0.4, 0.5) is 10.2 Å². The van der Waals surface area contributed by atoms with Crippen LogP contribution in [-0.2, 0) is 22.5 Å². The molecule has 11 nitrogen and oxygen atoms in total. The zero-order chi connectivity index (χ0) is 27.2. The van der Waals surface area contributed by atoms with Gasteiger partial charge in [0.05, 0.1) is 31.2 Å². The van der Waals surface area contributed by atoms with Crippen LogP contribution in [0.25, 0.3) is 11.3 Å². The summed E-state index contributed by atoms with van der Waals surface area (Å²) in [6, 6.07) is 5.95. The van der Waals surface area contributed by atoms with Gasteiger partial charge in [0.25, 0.3) is 0 Å². The Bertz CT molecular complexity index is 1400. The number of ether oxygens (including phenoxy) is 2. The lowest BCUT2D eigenvalue weighted by atomic mass is 9.92. The number of benzene rings is 1. The maximum absolute atomic E-state index is 14.5. The molecule has 3 heterocycles. The highest BCUT2D eigenvalue weighted by Gasteiger charge is 2.26. The lowest BCUT2D eigenvalue weighted by molar-refractivity contribution is -0.633. The topological polar surface area (TPSA) is 157 Å². The van der Waals surface area contributed by atoms with Crippen LogP contribution in [0.15, 0.2) is 54.4 Å². The van der Waals surface area contributed by atoms with Gasteiger partial charge in [0.15, 0.2) is 18.3 Å². The van der Waals surface area contributed by atoms with Crippen LogP contribution < -0.4 is 21.2 Å². The fourth-order valence-corrected chi connectivity index (χ4v) is 4.23. The van der Waals surface area contributed by atoms with Gasteiger partial charge in [-0.3, -0.25) is 14.9 Å². The molecule has 4 rings (SSSR count). The van der Waals surface area contributed by atoms with E-state index in [0.717, 1.165) is 11.3 Å². The number of fused-ring (bicyclic) bond motifs is 5. The van der Waals surface area contributed by atoms with Gasteiger partial charge in [-0.25, -0.2) is 14.8 Å². The van der Waals surface area contributed by atoms with Crippen molar-refractivity contribution >= 4 is 23.2 Å². The first-order valence-corrected chi connectivity index (χ1v) is 12.1. The highest BCUT2D eigenvalue weighted by atomic mass is 19.1. The van der Waals surface area contributed by atoms with Crippen molar-refractivity contribution in [3.05, 3.63) is 71.8 Å².